The van der Waals surface area contributed by atoms with E-state index in [0.717, 1.165) is 45.8 Å². The molecule has 4 nitrogen and oxygen atoms in total. The van der Waals surface area contributed by atoms with Gasteiger partial charge in [0.1, 0.15) is 5.65 Å². The van der Waals surface area contributed by atoms with Crippen LogP contribution in [0.15, 0.2) is 85.3 Å². The second-order valence-electron chi connectivity index (χ2n) is 9.71. The zero-order chi connectivity index (χ0) is 22.7. The Morgan fingerprint density at radius 2 is 1.57 bits per heavy atom. The van der Waals surface area contributed by atoms with Crippen LogP contribution in [-0.4, -0.2) is 19.4 Å². The molecule has 0 aliphatic heterocycles. The summed E-state index contributed by atoms with van der Waals surface area (Å²) < 4.78 is 2.34. The van der Waals surface area contributed by atoms with Gasteiger partial charge in [0.2, 0.25) is 0 Å². The number of rotatable bonds is 0. The first-order valence-corrected chi connectivity index (χ1v) is 12.0. The van der Waals surface area contributed by atoms with Crippen molar-refractivity contribution in [3.8, 4) is 22.3 Å². The van der Waals surface area contributed by atoms with Crippen molar-refractivity contribution in [2.75, 3.05) is 0 Å². The van der Waals surface area contributed by atoms with E-state index in [9.17, 15) is 0 Å². The standard InChI is InChI=1S/C31H18N4/c1-2-5-21-17(4-1)12-19-15-24-20(14-23(19)21)13-18-7-8-26-30(28(18)24)35-27-9-11-32-16-25(27)29-22(31(35)34-26)6-3-10-33-29/h1-11,14-16H,12-13H2. The summed E-state index contributed by atoms with van der Waals surface area (Å²) in [5.74, 6) is 0. The van der Waals surface area contributed by atoms with Crippen LogP contribution >= 0.6 is 0 Å². The zero-order valence-corrected chi connectivity index (χ0v) is 18.8. The van der Waals surface area contributed by atoms with Crippen LogP contribution in [0.3, 0.4) is 0 Å². The van der Waals surface area contributed by atoms with Crippen molar-refractivity contribution in [2.24, 2.45) is 0 Å². The molecule has 0 saturated carbocycles. The van der Waals surface area contributed by atoms with E-state index in [4.69, 9.17) is 9.97 Å². The highest BCUT2D eigenvalue weighted by molar-refractivity contribution is 6.13. The Morgan fingerprint density at radius 1 is 0.686 bits per heavy atom. The van der Waals surface area contributed by atoms with Crippen molar-refractivity contribution < 1.29 is 0 Å². The lowest BCUT2D eigenvalue weighted by molar-refractivity contribution is 1.24. The highest BCUT2D eigenvalue weighted by Gasteiger charge is 2.28. The molecule has 0 spiro atoms. The van der Waals surface area contributed by atoms with Gasteiger partial charge in [-0.1, -0.05) is 30.3 Å². The molecular weight excluding hydrogens is 428 g/mol. The number of hydrogen-bond acceptors (Lipinski definition) is 3. The highest BCUT2D eigenvalue weighted by atomic mass is 15.0. The minimum Gasteiger partial charge on any atom is -0.291 e. The van der Waals surface area contributed by atoms with Gasteiger partial charge < -0.3 is 0 Å². The number of pyridine rings is 3. The van der Waals surface area contributed by atoms with Crippen LogP contribution in [0.1, 0.15) is 22.3 Å². The number of aromatic nitrogens is 4. The summed E-state index contributed by atoms with van der Waals surface area (Å²) in [5, 5.41) is 2.11. The summed E-state index contributed by atoms with van der Waals surface area (Å²) in [6.45, 7) is 0. The SMILES string of the molecule is c1ccc2c(c1)Cc1cc3c(cc1-2)Cc1ccc2nc4c5cccnc5c5cnccc5n4c2c1-3. The fourth-order valence-corrected chi connectivity index (χ4v) is 6.45. The van der Waals surface area contributed by atoms with Crippen LogP contribution < -0.4 is 0 Å². The molecule has 9 rings (SSSR count). The molecule has 4 heterocycles. The molecule has 35 heavy (non-hydrogen) atoms. The Balaban J connectivity index is 1.43. The third-order valence-electron chi connectivity index (χ3n) is 7.92. The van der Waals surface area contributed by atoms with Gasteiger partial charge in [-0.25, -0.2) is 4.98 Å². The van der Waals surface area contributed by atoms with Gasteiger partial charge in [-0.15, -0.1) is 0 Å². The highest BCUT2D eigenvalue weighted by Crippen LogP contribution is 2.47. The van der Waals surface area contributed by atoms with Gasteiger partial charge in [-0.05, 0) is 88.2 Å². The molecule has 0 bridgehead atoms. The smallest absolute Gasteiger partial charge is 0.147 e. The lowest BCUT2D eigenvalue weighted by atomic mass is 9.97. The normalized spacial score (nSPS) is 13.5. The summed E-state index contributed by atoms with van der Waals surface area (Å²) in [7, 11) is 0. The fourth-order valence-electron chi connectivity index (χ4n) is 6.45. The molecule has 0 unspecified atom stereocenters. The average molecular weight is 447 g/mol. The van der Waals surface area contributed by atoms with Gasteiger partial charge in [-0.3, -0.25) is 14.4 Å². The second-order valence-corrected chi connectivity index (χ2v) is 9.71. The summed E-state index contributed by atoms with van der Waals surface area (Å²) in [4.78, 5) is 14.3. The molecule has 0 fully saturated rings. The Kier molecular flexibility index (Phi) is 3.11. The van der Waals surface area contributed by atoms with Gasteiger partial charge >= 0.3 is 0 Å². The molecule has 4 heteroatoms. The predicted molar refractivity (Wildman–Crippen MR) is 140 cm³/mol. The summed E-state index contributed by atoms with van der Waals surface area (Å²) >= 11 is 0. The summed E-state index contributed by atoms with van der Waals surface area (Å²) in [5.41, 5.74) is 16.3. The van der Waals surface area contributed by atoms with Crippen LogP contribution in [0.25, 0.3) is 60.7 Å². The first-order chi connectivity index (χ1) is 17.3. The first-order valence-electron chi connectivity index (χ1n) is 12.0. The quantitative estimate of drug-likeness (QED) is 0.243. The van der Waals surface area contributed by atoms with Gasteiger partial charge in [-0.2, -0.15) is 0 Å². The lowest BCUT2D eigenvalue weighted by Crippen LogP contribution is -1.94. The van der Waals surface area contributed by atoms with Gasteiger partial charge in [0, 0.05) is 34.9 Å². The van der Waals surface area contributed by atoms with E-state index in [1.165, 1.54) is 50.0 Å². The van der Waals surface area contributed by atoms with Crippen molar-refractivity contribution in [2.45, 2.75) is 12.8 Å². The zero-order valence-electron chi connectivity index (χ0n) is 18.8. The molecule has 7 aromatic rings. The predicted octanol–water partition coefficient (Wildman–Crippen LogP) is 6.73. The maximum Gasteiger partial charge on any atom is 0.147 e. The number of benzene rings is 3. The number of hydrogen-bond donors (Lipinski definition) is 0. The molecule has 2 aliphatic carbocycles. The Morgan fingerprint density at radius 3 is 2.57 bits per heavy atom. The van der Waals surface area contributed by atoms with Crippen LogP contribution in [-0.2, 0) is 12.8 Å². The van der Waals surface area contributed by atoms with Gasteiger partial charge in [0.05, 0.1) is 22.1 Å². The van der Waals surface area contributed by atoms with Crippen molar-refractivity contribution in [1.82, 2.24) is 19.4 Å². The van der Waals surface area contributed by atoms with E-state index >= 15 is 0 Å². The van der Waals surface area contributed by atoms with E-state index in [2.05, 4.69) is 70.0 Å². The minimum atomic E-state index is 0.950. The summed E-state index contributed by atoms with van der Waals surface area (Å²) in [6.07, 6.45) is 7.60. The van der Waals surface area contributed by atoms with Crippen LogP contribution in [0.4, 0.5) is 0 Å². The van der Waals surface area contributed by atoms with Crippen molar-refractivity contribution in [1.29, 1.82) is 0 Å². The second kappa shape index (κ2) is 6.10. The number of fused-ring (bicyclic) bond motifs is 15. The molecule has 3 aromatic carbocycles. The molecular formula is C31H18N4. The third kappa shape index (κ3) is 2.15. The molecule has 0 saturated heterocycles. The number of nitrogens with zero attached hydrogens (tertiary/aromatic N) is 4. The Hall–Kier alpha value is -4.57. The maximum absolute atomic E-state index is 5.15. The topological polar surface area (TPSA) is 43.1 Å². The molecule has 2 aliphatic rings. The molecule has 162 valence electrons. The van der Waals surface area contributed by atoms with E-state index in [0.29, 0.717) is 0 Å². The molecule has 0 radical (unpaired) electrons. The summed E-state index contributed by atoms with van der Waals surface area (Å²) in [6, 6.07) is 24.4. The molecule has 0 atom stereocenters. The van der Waals surface area contributed by atoms with Crippen LogP contribution in [0.5, 0.6) is 0 Å². The molecule has 0 amide bonds. The molecule has 0 N–H and O–H groups in total. The maximum atomic E-state index is 5.15. The first kappa shape index (κ1) is 17.8. The number of imidazole rings is 1. The van der Waals surface area contributed by atoms with Crippen molar-refractivity contribution in [3.63, 3.8) is 0 Å². The largest absolute Gasteiger partial charge is 0.291 e. The van der Waals surface area contributed by atoms with Crippen LogP contribution in [0, 0.1) is 0 Å². The van der Waals surface area contributed by atoms with Crippen LogP contribution in [0.2, 0.25) is 0 Å². The Bertz CT molecular complexity index is 2070. The Labute approximate surface area is 200 Å². The monoisotopic (exact) mass is 446 g/mol. The van der Waals surface area contributed by atoms with E-state index in [1.54, 1.807) is 0 Å². The van der Waals surface area contributed by atoms with Gasteiger partial charge in [0.25, 0.3) is 0 Å². The fraction of sp³-hybridized carbons (Fsp3) is 0.0645. The third-order valence-corrected chi connectivity index (χ3v) is 7.92. The minimum absolute atomic E-state index is 0.950. The van der Waals surface area contributed by atoms with E-state index < -0.39 is 0 Å². The van der Waals surface area contributed by atoms with E-state index in [-0.39, 0.29) is 0 Å². The average Bonchev–Trinajstić information content (AvgIpc) is 3.58. The lowest BCUT2D eigenvalue weighted by Gasteiger charge is -2.10. The van der Waals surface area contributed by atoms with Crippen molar-refractivity contribution in [3.05, 3.63) is 108 Å². The van der Waals surface area contributed by atoms with E-state index in [1.807, 2.05) is 24.7 Å². The van der Waals surface area contributed by atoms with Gasteiger partial charge in [0.15, 0.2) is 0 Å². The van der Waals surface area contributed by atoms with Crippen molar-refractivity contribution >= 4 is 38.5 Å². The molecule has 4 aromatic heterocycles.